The van der Waals surface area contributed by atoms with Crippen LogP contribution in [-0.2, 0) is 9.73 Å². The molecule has 0 bridgehead atoms. The fraction of sp³-hybridized carbons (Fsp3) is 0.167. The van der Waals surface area contributed by atoms with Gasteiger partial charge in [-0.15, -0.1) is 0 Å². The van der Waals surface area contributed by atoms with Crippen LogP contribution in [0.25, 0.3) is 0 Å². The highest BCUT2D eigenvalue weighted by Gasteiger charge is 2.00. The Balaban J connectivity index is 3.22. The molecule has 1 aromatic heterocycles. The van der Waals surface area contributed by atoms with Gasteiger partial charge < -0.3 is 0 Å². The fourth-order valence-electron chi connectivity index (χ4n) is 0.537. The van der Waals surface area contributed by atoms with Crippen LogP contribution in [-0.4, -0.2) is 15.4 Å². The molecule has 1 N–H and O–H groups in total. The summed E-state index contributed by atoms with van der Waals surface area (Å²) >= 11 is 0. The smallest absolute Gasteiger partial charge is 0.135 e. The molecule has 10 heavy (non-hydrogen) atoms. The van der Waals surface area contributed by atoms with E-state index in [4.69, 9.17) is 4.78 Å². The molecule has 1 atom stereocenters. The molecule has 1 unspecified atom stereocenters. The molecule has 0 saturated heterocycles. The third-order valence-electron chi connectivity index (χ3n) is 0.988. The monoisotopic (exact) mass is 155 g/mol. The summed E-state index contributed by atoms with van der Waals surface area (Å²) in [5.74, 6) is 0. The van der Waals surface area contributed by atoms with Gasteiger partial charge in [-0.05, 0) is 12.1 Å². The molecule has 1 rings (SSSR count). The molecule has 0 aliphatic rings. The van der Waals surface area contributed by atoms with Crippen LogP contribution in [0.5, 0.6) is 0 Å². The van der Waals surface area contributed by atoms with Gasteiger partial charge in [0, 0.05) is 18.5 Å². The summed E-state index contributed by atoms with van der Waals surface area (Å²) in [6.07, 6.45) is 2.75. The predicted molar refractivity (Wildman–Crippen MR) is 38.1 cm³/mol. The van der Waals surface area contributed by atoms with Gasteiger partial charge in [-0.1, -0.05) is 0 Å². The Labute approximate surface area is 60.1 Å². The Kier molecular flexibility index (Phi) is 1.72. The molecule has 0 aliphatic carbocycles. The normalized spacial score (nSPS) is 16.1. The first-order valence-corrected chi connectivity index (χ1v) is 4.63. The van der Waals surface area contributed by atoms with E-state index in [1.165, 1.54) is 18.5 Å². The van der Waals surface area contributed by atoms with Crippen molar-refractivity contribution < 1.29 is 4.21 Å². The van der Waals surface area contributed by atoms with Gasteiger partial charge in [-0.2, -0.15) is 0 Å². The molecule has 1 radical (unpaired) electrons. The van der Waals surface area contributed by atoms with Crippen LogP contribution in [0.1, 0.15) is 0 Å². The lowest BCUT2D eigenvalue weighted by atomic mass is 10.5. The van der Waals surface area contributed by atoms with Gasteiger partial charge >= 0.3 is 0 Å². The molecule has 1 aromatic rings. The maximum Gasteiger partial charge on any atom is 0.135 e. The Hall–Kier alpha value is -0.900. The highest BCUT2D eigenvalue weighted by atomic mass is 32.2. The molecule has 0 amide bonds. The Morgan fingerprint density at radius 2 is 2.50 bits per heavy atom. The first-order valence-electron chi connectivity index (χ1n) is 2.66. The molecule has 0 spiro atoms. The van der Waals surface area contributed by atoms with Crippen LogP contribution in [0.15, 0.2) is 23.4 Å². The molecule has 1 heterocycles. The van der Waals surface area contributed by atoms with E-state index in [-0.39, 0.29) is 0 Å². The molecule has 0 fully saturated rings. The van der Waals surface area contributed by atoms with Crippen molar-refractivity contribution in [2.45, 2.75) is 5.03 Å². The van der Waals surface area contributed by atoms with E-state index >= 15 is 0 Å². The number of rotatable bonds is 1. The van der Waals surface area contributed by atoms with E-state index < -0.39 is 9.73 Å². The topological polar surface area (TPSA) is 53.8 Å². The maximum atomic E-state index is 11.0. The molecule has 0 aromatic carbocycles. The van der Waals surface area contributed by atoms with Crippen molar-refractivity contribution in [2.75, 3.05) is 6.26 Å². The third kappa shape index (κ3) is 1.54. The summed E-state index contributed by atoms with van der Waals surface area (Å²) in [7, 11) is -2.63. The summed E-state index contributed by atoms with van der Waals surface area (Å²) in [5, 5.41) is 0.311. The molecule has 0 aliphatic heterocycles. The predicted octanol–water partition coefficient (Wildman–Crippen LogP) is 0.917. The van der Waals surface area contributed by atoms with Crippen molar-refractivity contribution in [1.82, 2.24) is 4.98 Å². The van der Waals surface area contributed by atoms with Crippen molar-refractivity contribution in [3.05, 3.63) is 24.4 Å². The van der Waals surface area contributed by atoms with Crippen LogP contribution in [0.4, 0.5) is 0 Å². The molecule has 53 valence electrons. The summed E-state index contributed by atoms with van der Waals surface area (Å²) in [6.45, 7) is 0. The van der Waals surface area contributed by atoms with Crippen LogP contribution >= 0.6 is 0 Å². The van der Waals surface area contributed by atoms with Crippen molar-refractivity contribution in [1.29, 1.82) is 4.78 Å². The summed E-state index contributed by atoms with van der Waals surface area (Å²) in [4.78, 5) is 3.73. The van der Waals surface area contributed by atoms with E-state index in [0.717, 1.165) is 0 Å². The molecule has 4 heteroatoms. The standard InChI is InChI=1S/C6H7N2OS/c1-10(7,9)6-4-2-3-5-8-6/h2,4-5,7H,1H3. The van der Waals surface area contributed by atoms with Crippen molar-refractivity contribution in [3.63, 3.8) is 0 Å². The Morgan fingerprint density at radius 3 is 2.80 bits per heavy atom. The van der Waals surface area contributed by atoms with E-state index in [1.54, 1.807) is 6.07 Å². The lowest BCUT2D eigenvalue weighted by Crippen LogP contribution is -1.96. The van der Waals surface area contributed by atoms with E-state index in [1.807, 2.05) is 0 Å². The van der Waals surface area contributed by atoms with Crippen LogP contribution in [0.2, 0.25) is 0 Å². The van der Waals surface area contributed by atoms with Gasteiger partial charge in [0.1, 0.15) is 5.03 Å². The van der Waals surface area contributed by atoms with Crippen LogP contribution < -0.4 is 0 Å². The number of hydrogen-bond donors (Lipinski definition) is 1. The van der Waals surface area contributed by atoms with Crippen LogP contribution in [0, 0.1) is 10.8 Å². The lowest BCUT2D eigenvalue weighted by molar-refractivity contribution is 0.676. The zero-order valence-corrected chi connectivity index (χ0v) is 6.31. The minimum Gasteiger partial charge on any atom is -0.248 e. The number of nitrogens with zero attached hydrogens (tertiary/aromatic N) is 1. The summed E-state index contributed by atoms with van der Waals surface area (Å²) < 4.78 is 18.1. The first kappa shape index (κ1) is 7.21. The average Bonchev–Trinajstić information content (AvgIpc) is 1.88. The highest BCUT2D eigenvalue weighted by Crippen LogP contribution is 2.01. The maximum absolute atomic E-state index is 11.0. The van der Waals surface area contributed by atoms with Gasteiger partial charge in [0.15, 0.2) is 0 Å². The largest absolute Gasteiger partial charge is 0.248 e. The minimum atomic E-state index is -2.63. The number of pyridine rings is 1. The fourth-order valence-corrected chi connectivity index (χ4v) is 1.12. The number of aromatic nitrogens is 1. The molecule has 3 nitrogen and oxygen atoms in total. The van der Waals surface area contributed by atoms with Crippen molar-refractivity contribution in [3.8, 4) is 0 Å². The second kappa shape index (κ2) is 2.38. The lowest BCUT2D eigenvalue weighted by Gasteiger charge is -1.95. The number of hydrogen-bond acceptors (Lipinski definition) is 3. The average molecular weight is 155 g/mol. The first-order chi connectivity index (χ1) is 4.61. The van der Waals surface area contributed by atoms with Gasteiger partial charge in [-0.25, -0.2) is 14.0 Å². The van der Waals surface area contributed by atoms with Gasteiger partial charge in [-0.3, -0.25) is 0 Å². The SMILES string of the molecule is CS(=N)(=O)c1cc[c]cn1. The van der Waals surface area contributed by atoms with E-state index in [2.05, 4.69) is 11.1 Å². The minimum absolute atomic E-state index is 0.311. The van der Waals surface area contributed by atoms with E-state index in [0.29, 0.717) is 5.03 Å². The zero-order valence-electron chi connectivity index (χ0n) is 5.50. The van der Waals surface area contributed by atoms with Gasteiger partial charge in [0.25, 0.3) is 0 Å². The molecular weight excluding hydrogens is 148 g/mol. The van der Waals surface area contributed by atoms with Gasteiger partial charge in [0.2, 0.25) is 0 Å². The molecular formula is C6H7N2OS. The summed E-state index contributed by atoms with van der Waals surface area (Å²) in [6, 6.07) is 5.82. The van der Waals surface area contributed by atoms with Crippen molar-refractivity contribution >= 4 is 9.73 Å². The Bertz CT molecular complexity index is 304. The van der Waals surface area contributed by atoms with Crippen LogP contribution in [0.3, 0.4) is 0 Å². The quantitative estimate of drug-likeness (QED) is 0.655. The zero-order chi connectivity index (χ0) is 7.61. The van der Waals surface area contributed by atoms with E-state index in [9.17, 15) is 4.21 Å². The second-order valence-electron chi connectivity index (χ2n) is 1.94. The third-order valence-corrected chi connectivity index (χ3v) is 2.03. The second-order valence-corrected chi connectivity index (χ2v) is 4.05. The van der Waals surface area contributed by atoms with Gasteiger partial charge in [0.05, 0.1) is 9.73 Å². The number of nitrogens with one attached hydrogen (secondary N) is 1. The summed E-state index contributed by atoms with van der Waals surface area (Å²) in [5.41, 5.74) is 0. The Morgan fingerprint density at radius 1 is 1.80 bits per heavy atom. The van der Waals surface area contributed by atoms with Crippen molar-refractivity contribution in [2.24, 2.45) is 0 Å². The highest BCUT2D eigenvalue weighted by molar-refractivity contribution is 7.91. The molecule has 0 saturated carbocycles.